The number of likely N-dealkylation sites (tertiary alicyclic amines) is 1. The number of hydrogen-bond donors (Lipinski definition) is 1. The lowest BCUT2D eigenvalue weighted by Gasteiger charge is -2.32. The van der Waals surface area contributed by atoms with Crippen LogP contribution in [0.1, 0.15) is 13.3 Å². The van der Waals surface area contributed by atoms with E-state index in [9.17, 15) is 0 Å². The highest BCUT2D eigenvalue weighted by Gasteiger charge is 2.32. The molecular formula is C14H27N3O. The van der Waals surface area contributed by atoms with E-state index in [2.05, 4.69) is 22.0 Å². The van der Waals surface area contributed by atoms with Crippen LogP contribution in [0.25, 0.3) is 0 Å². The molecule has 0 aromatic carbocycles. The van der Waals surface area contributed by atoms with Crippen molar-refractivity contribution < 1.29 is 4.74 Å². The first-order valence-electron chi connectivity index (χ1n) is 7.58. The lowest BCUT2D eigenvalue weighted by atomic mass is 9.98. The van der Waals surface area contributed by atoms with Gasteiger partial charge in [0.25, 0.3) is 0 Å². The molecule has 0 spiro atoms. The second-order valence-electron chi connectivity index (χ2n) is 6.25. The molecule has 0 amide bonds. The fourth-order valence-corrected chi connectivity index (χ4v) is 3.66. The largest absolute Gasteiger partial charge is 0.379 e. The summed E-state index contributed by atoms with van der Waals surface area (Å²) in [4.78, 5) is 5.33. The van der Waals surface area contributed by atoms with Crippen molar-refractivity contribution in [3.05, 3.63) is 0 Å². The highest BCUT2D eigenvalue weighted by molar-refractivity contribution is 4.88. The summed E-state index contributed by atoms with van der Waals surface area (Å²) in [6, 6.07) is 0.790. The molecule has 0 aliphatic carbocycles. The van der Waals surface area contributed by atoms with Crippen molar-refractivity contribution in [3.8, 4) is 0 Å². The summed E-state index contributed by atoms with van der Waals surface area (Å²) in [5.74, 6) is 1.72. The van der Waals surface area contributed by atoms with E-state index in [-0.39, 0.29) is 0 Å². The molecule has 18 heavy (non-hydrogen) atoms. The molecule has 0 aromatic heterocycles. The first kappa shape index (κ1) is 12.9. The van der Waals surface area contributed by atoms with Crippen LogP contribution >= 0.6 is 0 Å². The number of ether oxygens (including phenoxy) is 1. The van der Waals surface area contributed by atoms with Crippen molar-refractivity contribution in [3.63, 3.8) is 0 Å². The summed E-state index contributed by atoms with van der Waals surface area (Å²) >= 11 is 0. The zero-order valence-corrected chi connectivity index (χ0v) is 11.6. The lowest BCUT2D eigenvalue weighted by molar-refractivity contribution is 0.0182. The molecule has 3 atom stereocenters. The Morgan fingerprint density at radius 2 is 2.00 bits per heavy atom. The van der Waals surface area contributed by atoms with Crippen molar-refractivity contribution in [2.45, 2.75) is 19.4 Å². The smallest absolute Gasteiger partial charge is 0.0594 e. The number of hydrogen-bond acceptors (Lipinski definition) is 4. The summed E-state index contributed by atoms with van der Waals surface area (Å²) in [6.45, 7) is 12.8. The predicted octanol–water partition coefficient (Wildman–Crippen LogP) is 0.248. The number of morpholine rings is 1. The van der Waals surface area contributed by atoms with E-state index in [1.165, 1.54) is 39.1 Å². The minimum absolute atomic E-state index is 0.790. The van der Waals surface area contributed by atoms with E-state index in [0.29, 0.717) is 0 Å². The summed E-state index contributed by atoms with van der Waals surface area (Å²) in [5, 5.41) is 3.52. The van der Waals surface area contributed by atoms with E-state index >= 15 is 0 Å². The Bertz CT molecular complexity index is 268. The predicted molar refractivity (Wildman–Crippen MR) is 72.8 cm³/mol. The molecule has 3 aliphatic heterocycles. The van der Waals surface area contributed by atoms with Gasteiger partial charge < -0.3 is 15.0 Å². The molecule has 3 fully saturated rings. The molecule has 0 saturated carbocycles. The van der Waals surface area contributed by atoms with E-state index in [1.54, 1.807) is 0 Å². The van der Waals surface area contributed by atoms with Gasteiger partial charge in [-0.1, -0.05) is 6.92 Å². The molecule has 3 rings (SSSR count). The average Bonchev–Trinajstić information content (AvgIpc) is 3.02. The first-order chi connectivity index (χ1) is 8.83. The van der Waals surface area contributed by atoms with Crippen molar-refractivity contribution in [2.75, 3.05) is 59.0 Å². The van der Waals surface area contributed by atoms with E-state index < -0.39 is 0 Å². The van der Waals surface area contributed by atoms with Gasteiger partial charge in [0.1, 0.15) is 0 Å². The molecule has 0 radical (unpaired) electrons. The second kappa shape index (κ2) is 5.87. The third kappa shape index (κ3) is 2.87. The van der Waals surface area contributed by atoms with E-state index in [0.717, 1.165) is 44.2 Å². The van der Waals surface area contributed by atoms with Gasteiger partial charge in [0.15, 0.2) is 0 Å². The van der Waals surface area contributed by atoms with Crippen LogP contribution in [0.15, 0.2) is 0 Å². The van der Waals surface area contributed by atoms with Gasteiger partial charge in [-0.15, -0.1) is 0 Å². The second-order valence-corrected chi connectivity index (χ2v) is 6.25. The van der Waals surface area contributed by atoms with Crippen LogP contribution in [-0.2, 0) is 4.74 Å². The topological polar surface area (TPSA) is 27.7 Å². The molecule has 4 heteroatoms. The van der Waals surface area contributed by atoms with Gasteiger partial charge in [0.05, 0.1) is 13.2 Å². The minimum Gasteiger partial charge on any atom is -0.379 e. The maximum absolute atomic E-state index is 5.44. The van der Waals surface area contributed by atoms with Gasteiger partial charge in [-0.3, -0.25) is 4.90 Å². The van der Waals surface area contributed by atoms with Crippen LogP contribution in [-0.4, -0.2) is 74.9 Å². The highest BCUT2D eigenvalue weighted by atomic mass is 16.5. The molecule has 0 bridgehead atoms. The molecule has 3 saturated heterocycles. The summed E-state index contributed by atoms with van der Waals surface area (Å²) in [7, 11) is 0. The van der Waals surface area contributed by atoms with Crippen molar-refractivity contribution in [2.24, 2.45) is 11.8 Å². The molecule has 3 aliphatic rings. The van der Waals surface area contributed by atoms with Crippen molar-refractivity contribution in [1.82, 2.24) is 15.1 Å². The molecule has 0 aromatic rings. The third-order valence-electron chi connectivity index (χ3n) is 4.98. The number of nitrogens with zero attached hydrogens (tertiary/aromatic N) is 2. The van der Waals surface area contributed by atoms with Gasteiger partial charge in [0, 0.05) is 32.2 Å². The van der Waals surface area contributed by atoms with Crippen molar-refractivity contribution >= 4 is 0 Å². The maximum atomic E-state index is 5.44. The molecule has 3 heterocycles. The van der Waals surface area contributed by atoms with Gasteiger partial charge >= 0.3 is 0 Å². The molecule has 104 valence electrons. The van der Waals surface area contributed by atoms with Gasteiger partial charge in [-0.25, -0.2) is 0 Å². The lowest BCUT2D eigenvalue weighted by Crippen LogP contribution is -2.45. The zero-order valence-electron chi connectivity index (χ0n) is 11.6. The van der Waals surface area contributed by atoms with E-state index in [4.69, 9.17) is 4.74 Å². The third-order valence-corrected chi connectivity index (χ3v) is 4.98. The van der Waals surface area contributed by atoms with E-state index in [1.807, 2.05) is 0 Å². The standard InChI is InChI=1S/C14H27N3O/c1-12-8-15-9-13(12)10-16-3-2-14(11-16)17-4-6-18-7-5-17/h12-15H,2-11H2,1H3. The van der Waals surface area contributed by atoms with Gasteiger partial charge in [-0.05, 0) is 37.9 Å². The Labute approximate surface area is 111 Å². The maximum Gasteiger partial charge on any atom is 0.0594 e. The normalized spacial score (nSPS) is 39.5. The fourth-order valence-electron chi connectivity index (χ4n) is 3.66. The quantitative estimate of drug-likeness (QED) is 0.780. The summed E-state index contributed by atoms with van der Waals surface area (Å²) < 4.78 is 5.44. The van der Waals surface area contributed by atoms with Crippen LogP contribution in [0.4, 0.5) is 0 Å². The number of nitrogens with one attached hydrogen (secondary N) is 1. The van der Waals surface area contributed by atoms with Crippen LogP contribution in [0.2, 0.25) is 0 Å². The summed E-state index contributed by atoms with van der Waals surface area (Å²) in [5.41, 5.74) is 0. The van der Waals surface area contributed by atoms with Crippen LogP contribution in [0.3, 0.4) is 0 Å². The molecule has 3 unspecified atom stereocenters. The molecular weight excluding hydrogens is 226 g/mol. The Hall–Kier alpha value is -0.160. The zero-order chi connectivity index (χ0) is 12.4. The Morgan fingerprint density at radius 3 is 2.72 bits per heavy atom. The van der Waals surface area contributed by atoms with Gasteiger partial charge in [-0.2, -0.15) is 0 Å². The minimum atomic E-state index is 0.790. The van der Waals surface area contributed by atoms with Crippen LogP contribution in [0, 0.1) is 11.8 Å². The fraction of sp³-hybridized carbons (Fsp3) is 1.00. The SMILES string of the molecule is CC1CNCC1CN1CCC(N2CCOCC2)C1. The Morgan fingerprint density at radius 1 is 1.17 bits per heavy atom. The molecule has 1 N–H and O–H groups in total. The first-order valence-corrected chi connectivity index (χ1v) is 7.58. The van der Waals surface area contributed by atoms with Gasteiger partial charge in [0.2, 0.25) is 0 Å². The average molecular weight is 253 g/mol. The van der Waals surface area contributed by atoms with Crippen molar-refractivity contribution in [1.29, 1.82) is 0 Å². The Kier molecular flexibility index (Phi) is 4.19. The monoisotopic (exact) mass is 253 g/mol. The van der Waals surface area contributed by atoms with Crippen LogP contribution < -0.4 is 5.32 Å². The number of rotatable bonds is 3. The van der Waals surface area contributed by atoms with Crippen LogP contribution in [0.5, 0.6) is 0 Å². The molecule has 4 nitrogen and oxygen atoms in total. The highest BCUT2D eigenvalue weighted by Crippen LogP contribution is 2.22. The Balaban J connectivity index is 1.46. The summed E-state index contributed by atoms with van der Waals surface area (Å²) in [6.07, 6.45) is 1.36.